The highest BCUT2D eigenvalue weighted by molar-refractivity contribution is 6.46. The molecule has 1 aromatic heterocycles. The first-order chi connectivity index (χ1) is 18.4. The van der Waals surface area contributed by atoms with Crippen molar-refractivity contribution in [3.05, 3.63) is 131 Å². The van der Waals surface area contributed by atoms with Crippen LogP contribution in [0.4, 0.5) is 0 Å². The summed E-state index contributed by atoms with van der Waals surface area (Å²) in [4.78, 5) is 31.9. The molecule has 0 saturated carbocycles. The number of phenolic OH excluding ortho intramolecular Hbond substituents is 1. The number of ketones is 1. The second-order valence-electron chi connectivity index (χ2n) is 9.12. The van der Waals surface area contributed by atoms with Crippen LogP contribution in [0.5, 0.6) is 11.5 Å². The average molecular weight is 507 g/mol. The van der Waals surface area contributed by atoms with E-state index in [0.29, 0.717) is 23.5 Å². The number of nitrogens with zero attached hydrogens (tertiary/aromatic N) is 2. The molecule has 1 atom stereocenters. The minimum atomic E-state index is -0.890. The van der Waals surface area contributed by atoms with Crippen LogP contribution in [-0.4, -0.2) is 31.8 Å². The van der Waals surface area contributed by atoms with Gasteiger partial charge in [0.25, 0.3) is 11.7 Å². The number of ether oxygens (including phenoxy) is 1. The Labute approximate surface area is 220 Å². The maximum atomic E-state index is 13.2. The number of carbonyl (C=O) groups is 2. The molecule has 190 valence electrons. The van der Waals surface area contributed by atoms with Gasteiger partial charge in [0, 0.05) is 24.5 Å². The quantitative estimate of drug-likeness (QED) is 0.201. The highest BCUT2D eigenvalue weighted by Gasteiger charge is 2.46. The molecule has 1 aliphatic rings. The second-order valence-corrected chi connectivity index (χ2v) is 9.12. The third-order valence-electron chi connectivity index (χ3n) is 6.58. The number of phenols is 1. The molecule has 5 rings (SSSR count). The van der Waals surface area contributed by atoms with Crippen LogP contribution in [-0.2, 0) is 22.7 Å². The molecule has 0 aliphatic carbocycles. The molecule has 7 nitrogen and oxygen atoms in total. The van der Waals surface area contributed by atoms with Crippen molar-refractivity contribution in [1.82, 2.24) is 9.88 Å². The number of aromatic hydroxyl groups is 1. The summed E-state index contributed by atoms with van der Waals surface area (Å²) < 4.78 is 5.90. The smallest absolute Gasteiger partial charge is 0.295 e. The minimum Gasteiger partial charge on any atom is -0.508 e. The van der Waals surface area contributed by atoms with Gasteiger partial charge in [-0.2, -0.15) is 0 Å². The van der Waals surface area contributed by atoms with Crippen molar-refractivity contribution in [2.24, 2.45) is 0 Å². The lowest BCUT2D eigenvalue weighted by molar-refractivity contribution is -0.140. The zero-order valence-electron chi connectivity index (χ0n) is 20.7. The number of aryl methyl sites for hydroxylation is 1. The van der Waals surface area contributed by atoms with Crippen LogP contribution >= 0.6 is 0 Å². The summed E-state index contributed by atoms with van der Waals surface area (Å²) >= 11 is 0. The van der Waals surface area contributed by atoms with Crippen molar-refractivity contribution in [1.29, 1.82) is 0 Å². The summed E-state index contributed by atoms with van der Waals surface area (Å²) in [5.74, 6) is -1.23. The first-order valence-electron chi connectivity index (χ1n) is 12.2. The molecule has 4 aromatic rings. The summed E-state index contributed by atoms with van der Waals surface area (Å²) in [5, 5.41) is 21.4. The number of rotatable bonds is 7. The van der Waals surface area contributed by atoms with E-state index in [1.807, 2.05) is 37.3 Å². The van der Waals surface area contributed by atoms with Gasteiger partial charge in [0.05, 0.1) is 11.6 Å². The summed E-state index contributed by atoms with van der Waals surface area (Å²) in [5.41, 5.74) is 3.77. The molecule has 2 heterocycles. The highest BCUT2D eigenvalue weighted by Crippen LogP contribution is 2.41. The van der Waals surface area contributed by atoms with E-state index in [1.54, 1.807) is 54.9 Å². The zero-order chi connectivity index (χ0) is 26.6. The summed E-state index contributed by atoms with van der Waals surface area (Å²) in [6, 6.07) is 23.7. The number of amides is 1. The predicted octanol–water partition coefficient (Wildman–Crippen LogP) is 5.30. The van der Waals surface area contributed by atoms with Crippen LogP contribution in [0.3, 0.4) is 0 Å². The Morgan fingerprint density at radius 1 is 0.974 bits per heavy atom. The standard InChI is InChI=1S/C31H26N2O5/c1-20-6-2-3-8-24(20)19-38-26-13-11-22(12-14-26)29(35)27-28(23-9-4-10-25(34)16-23)33(31(37)30(27)36)18-21-7-5-15-32-17-21/h2-17,28,34-35H,18-19H2,1H3/b29-27+/t28-/m0/s1. The SMILES string of the molecule is Cc1ccccc1COc1ccc(/C(O)=C2\C(=O)C(=O)N(Cc3cccnc3)[C@H]2c2cccc(O)c2)cc1. The van der Waals surface area contributed by atoms with Gasteiger partial charge < -0.3 is 19.8 Å². The van der Waals surface area contributed by atoms with Gasteiger partial charge in [-0.1, -0.05) is 42.5 Å². The summed E-state index contributed by atoms with van der Waals surface area (Å²) in [6.07, 6.45) is 3.24. The number of aliphatic hydroxyl groups excluding tert-OH is 1. The molecule has 0 spiro atoms. The average Bonchev–Trinajstić information content (AvgIpc) is 3.18. The number of aromatic nitrogens is 1. The van der Waals surface area contributed by atoms with Crippen LogP contribution in [0.25, 0.3) is 5.76 Å². The minimum absolute atomic E-state index is 0.00961. The lowest BCUT2D eigenvalue weighted by Gasteiger charge is -2.25. The molecular weight excluding hydrogens is 480 g/mol. The van der Waals surface area contributed by atoms with Crippen molar-refractivity contribution in [2.45, 2.75) is 26.1 Å². The van der Waals surface area contributed by atoms with E-state index in [9.17, 15) is 19.8 Å². The third-order valence-corrected chi connectivity index (χ3v) is 6.58. The molecule has 1 amide bonds. The maximum absolute atomic E-state index is 13.2. The van der Waals surface area contributed by atoms with Gasteiger partial charge in [0.15, 0.2) is 0 Å². The van der Waals surface area contributed by atoms with E-state index in [1.165, 1.54) is 17.0 Å². The number of aliphatic hydroxyl groups is 1. The van der Waals surface area contributed by atoms with Crippen LogP contribution in [0, 0.1) is 6.92 Å². The summed E-state index contributed by atoms with van der Waals surface area (Å²) in [6.45, 7) is 2.53. The Morgan fingerprint density at radius 2 is 1.76 bits per heavy atom. The molecule has 1 saturated heterocycles. The number of hydrogen-bond donors (Lipinski definition) is 2. The summed E-state index contributed by atoms with van der Waals surface area (Å²) in [7, 11) is 0. The second kappa shape index (κ2) is 10.6. The van der Waals surface area contributed by atoms with Gasteiger partial charge in [0.2, 0.25) is 0 Å². The van der Waals surface area contributed by atoms with Crippen molar-refractivity contribution in [3.63, 3.8) is 0 Å². The van der Waals surface area contributed by atoms with E-state index in [4.69, 9.17) is 4.74 Å². The molecule has 0 bridgehead atoms. The van der Waals surface area contributed by atoms with Crippen LogP contribution < -0.4 is 4.74 Å². The Hall–Kier alpha value is -4.91. The fourth-order valence-electron chi connectivity index (χ4n) is 4.57. The van der Waals surface area contributed by atoms with Crippen molar-refractivity contribution >= 4 is 17.4 Å². The van der Waals surface area contributed by atoms with Crippen molar-refractivity contribution < 1.29 is 24.5 Å². The van der Waals surface area contributed by atoms with E-state index >= 15 is 0 Å². The lowest BCUT2D eigenvalue weighted by Crippen LogP contribution is -2.29. The van der Waals surface area contributed by atoms with Crippen molar-refractivity contribution in [2.75, 3.05) is 0 Å². The van der Waals surface area contributed by atoms with Crippen LogP contribution in [0.1, 0.15) is 33.9 Å². The zero-order valence-corrected chi connectivity index (χ0v) is 20.7. The van der Waals surface area contributed by atoms with Crippen LogP contribution in [0.2, 0.25) is 0 Å². The molecule has 0 unspecified atom stereocenters. The topological polar surface area (TPSA) is 100.0 Å². The van der Waals surface area contributed by atoms with Crippen LogP contribution in [0.15, 0.2) is 103 Å². The molecule has 0 radical (unpaired) electrons. The predicted molar refractivity (Wildman–Crippen MR) is 142 cm³/mol. The fraction of sp³-hybridized carbons (Fsp3) is 0.129. The number of benzene rings is 3. The van der Waals surface area contributed by atoms with E-state index in [-0.39, 0.29) is 23.6 Å². The van der Waals surface area contributed by atoms with Gasteiger partial charge in [-0.05, 0) is 71.6 Å². The molecular formula is C31H26N2O5. The van der Waals surface area contributed by atoms with Gasteiger partial charge in [-0.15, -0.1) is 0 Å². The molecule has 7 heteroatoms. The van der Waals surface area contributed by atoms with E-state index in [0.717, 1.165) is 16.7 Å². The van der Waals surface area contributed by atoms with E-state index < -0.39 is 17.7 Å². The molecule has 1 aliphatic heterocycles. The van der Waals surface area contributed by atoms with Crippen molar-refractivity contribution in [3.8, 4) is 11.5 Å². The Kier molecular flexibility index (Phi) is 6.91. The fourth-order valence-corrected chi connectivity index (χ4v) is 4.57. The number of Topliss-reactive ketones (excluding diaryl/α,β-unsaturated/α-hetero) is 1. The molecule has 38 heavy (non-hydrogen) atoms. The van der Waals surface area contributed by atoms with Gasteiger partial charge >= 0.3 is 0 Å². The largest absolute Gasteiger partial charge is 0.508 e. The Balaban J connectivity index is 1.48. The first kappa shape index (κ1) is 24.8. The number of pyridine rings is 1. The highest BCUT2D eigenvalue weighted by atomic mass is 16.5. The Morgan fingerprint density at radius 3 is 2.47 bits per heavy atom. The normalized spacial score (nSPS) is 16.6. The molecule has 3 aromatic carbocycles. The number of likely N-dealkylation sites (tertiary alicyclic amines) is 1. The number of carbonyl (C=O) groups excluding carboxylic acids is 2. The monoisotopic (exact) mass is 506 g/mol. The number of hydrogen-bond acceptors (Lipinski definition) is 6. The molecule has 1 fully saturated rings. The Bertz CT molecular complexity index is 1510. The van der Waals surface area contributed by atoms with Gasteiger partial charge in [-0.3, -0.25) is 14.6 Å². The lowest BCUT2D eigenvalue weighted by atomic mass is 9.95. The third kappa shape index (κ3) is 4.99. The van der Waals surface area contributed by atoms with E-state index in [2.05, 4.69) is 4.98 Å². The molecule has 2 N–H and O–H groups in total. The van der Waals surface area contributed by atoms with Gasteiger partial charge in [-0.25, -0.2) is 0 Å². The first-order valence-corrected chi connectivity index (χ1v) is 12.2. The van der Waals surface area contributed by atoms with Gasteiger partial charge in [0.1, 0.15) is 23.9 Å². The maximum Gasteiger partial charge on any atom is 0.295 e.